The second kappa shape index (κ2) is 5.95. The Kier molecular flexibility index (Phi) is 3.86. The standard InChI is InChI=1S/C17H19N3O/c1-19(16-10-4-5-11-18-16)15-9-3-2-8-14(15)17(21)20-12-6-7-13-20/h2-5,8-11H,6-7,12-13H2,1H3. The van der Waals surface area contributed by atoms with Gasteiger partial charge in [0.05, 0.1) is 11.3 Å². The van der Waals surface area contributed by atoms with E-state index in [2.05, 4.69) is 4.98 Å². The maximum atomic E-state index is 12.7. The molecule has 0 unspecified atom stereocenters. The highest BCUT2D eigenvalue weighted by Gasteiger charge is 2.23. The van der Waals surface area contributed by atoms with Gasteiger partial charge in [-0.1, -0.05) is 18.2 Å². The van der Waals surface area contributed by atoms with Gasteiger partial charge in [-0.05, 0) is 37.1 Å². The predicted octanol–water partition coefficient (Wildman–Crippen LogP) is 3.09. The van der Waals surface area contributed by atoms with Gasteiger partial charge < -0.3 is 9.80 Å². The van der Waals surface area contributed by atoms with Crippen LogP contribution < -0.4 is 4.90 Å². The zero-order valence-corrected chi connectivity index (χ0v) is 12.2. The van der Waals surface area contributed by atoms with Crippen molar-refractivity contribution in [3.63, 3.8) is 0 Å². The summed E-state index contributed by atoms with van der Waals surface area (Å²) in [5, 5.41) is 0. The van der Waals surface area contributed by atoms with Gasteiger partial charge in [-0.25, -0.2) is 4.98 Å². The molecular weight excluding hydrogens is 262 g/mol. The number of benzene rings is 1. The summed E-state index contributed by atoms with van der Waals surface area (Å²) in [6, 6.07) is 13.5. The molecule has 0 radical (unpaired) electrons. The van der Waals surface area contributed by atoms with E-state index in [0.29, 0.717) is 0 Å². The zero-order chi connectivity index (χ0) is 14.7. The molecule has 108 valence electrons. The molecular formula is C17H19N3O. The molecule has 0 saturated carbocycles. The minimum Gasteiger partial charge on any atom is -0.339 e. The van der Waals surface area contributed by atoms with Crippen LogP contribution in [0.3, 0.4) is 0 Å². The van der Waals surface area contributed by atoms with E-state index < -0.39 is 0 Å². The van der Waals surface area contributed by atoms with Gasteiger partial charge >= 0.3 is 0 Å². The minimum absolute atomic E-state index is 0.117. The van der Waals surface area contributed by atoms with Crippen LogP contribution in [0.5, 0.6) is 0 Å². The molecule has 0 atom stereocenters. The number of hydrogen-bond acceptors (Lipinski definition) is 3. The Bertz CT molecular complexity index is 621. The Morgan fingerprint density at radius 2 is 1.81 bits per heavy atom. The van der Waals surface area contributed by atoms with Crippen LogP contribution in [-0.2, 0) is 0 Å². The molecule has 0 spiro atoms. The molecule has 2 heterocycles. The van der Waals surface area contributed by atoms with Crippen LogP contribution in [0.2, 0.25) is 0 Å². The Balaban J connectivity index is 1.94. The summed E-state index contributed by atoms with van der Waals surface area (Å²) in [6.07, 6.45) is 3.96. The fraction of sp³-hybridized carbons (Fsp3) is 0.294. The normalized spacial score (nSPS) is 14.2. The van der Waals surface area contributed by atoms with Crippen LogP contribution in [0.25, 0.3) is 0 Å². The summed E-state index contributed by atoms with van der Waals surface area (Å²) in [5.41, 5.74) is 1.64. The summed E-state index contributed by atoms with van der Waals surface area (Å²) < 4.78 is 0. The average Bonchev–Trinajstić information content (AvgIpc) is 3.09. The summed E-state index contributed by atoms with van der Waals surface area (Å²) in [4.78, 5) is 20.9. The first-order chi connectivity index (χ1) is 10.3. The number of amides is 1. The van der Waals surface area contributed by atoms with E-state index in [4.69, 9.17) is 0 Å². The molecule has 0 bridgehead atoms. The Morgan fingerprint density at radius 1 is 1.10 bits per heavy atom. The van der Waals surface area contributed by atoms with E-state index in [9.17, 15) is 4.79 Å². The Labute approximate surface area is 125 Å². The van der Waals surface area contributed by atoms with Crippen LogP contribution in [0.4, 0.5) is 11.5 Å². The van der Waals surface area contributed by atoms with Crippen molar-refractivity contribution in [3.8, 4) is 0 Å². The van der Waals surface area contributed by atoms with Crippen LogP contribution in [0.15, 0.2) is 48.7 Å². The third kappa shape index (κ3) is 2.75. The van der Waals surface area contributed by atoms with E-state index in [1.807, 2.05) is 59.3 Å². The van der Waals surface area contributed by atoms with Crippen molar-refractivity contribution in [2.24, 2.45) is 0 Å². The quantitative estimate of drug-likeness (QED) is 0.867. The number of likely N-dealkylation sites (tertiary alicyclic amines) is 1. The van der Waals surface area contributed by atoms with Crippen LogP contribution in [0.1, 0.15) is 23.2 Å². The predicted molar refractivity (Wildman–Crippen MR) is 83.9 cm³/mol. The van der Waals surface area contributed by atoms with Crippen LogP contribution in [0, 0.1) is 0 Å². The van der Waals surface area contributed by atoms with Crippen molar-refractivity contribution in [2.45, 2.75) is 12.8 Å². The van der Waals surface area contributed by atoms with Crippen molar-refractivity contribution in [3.05, 3.63) is 54.2 Å². The fourth-order valence-electron chi connectivity index (χ4n) is 2.71. The number of carbonyl (C=O) groups excluding carboxylic acids is 1. The van der Waals surface area contributed by atoms with Crippen LogP contribution in [-0.4, -0.2) is 35.9 Å². The van der Waals surface area contributed by atoms with Crippen LogP contribution >= 0.6 is 0 Å². The second-order valence-electron chi connectivity index (χ2n) is 5.26. The summed E-state index contributed by atoms with van der Waals surface area (Å²) in [5.74, 6) is 0.949. The first-order valence-corrected chi connectivity index (χ1v) is 7.30. The van der Waals surface area contributed by atoms with Gasteiger partial charge in [-0.3, -0.25) is 4.79 Å². The third-order valence-electron chi connectivity index (χ3n) is 3.88. The molecule has 1 aromatic heterocycles. The lowest BCUT2D eigenvalue weighted by Crippen LogP contribution is -2.29. The average molecular weight is 281 g/mol. The van der Waals surface area contributed by atoms with Gasteiger partial charge in [0.2, 0.25) is 0 Å². The highest BCUT2D eigenvalue weighted by Crippen LogP contribution is 2.27. The Hall–Kier alpha value is -2.36. The van der Waals surface area contributed by atoms with Crippen molar-refractivity contribution >= 4 is 17.4 Å². The molecule has 1 aliphatic rings. The zero-order valence-electron chi connectivity index (χ0n) is 12.2. The third-order valence-corrected chi connectivity index (χ3v) is 3.88. The second-order valence-corrected chi connectivity index (χ2v) is 5.26. The molecule has 4 nitrogen and oxygen atoms in total. The Morgan fingerprint density at radius 3 is 2.52 bits per heavy atom. The van der Waals surface area contributed by atoms with Gasteiger partial charge in [0.25, 0.3) is 5.91 Å². The molecule has 0 N–H and O–H groups in total. The highest BCUT2D eigenvalue weighted by molar-refractivity contribution is 6.00. The van der Waals surface area contributed by atoms with E-state index in [-0.39, 0.29) is 5.91 Å². The van der Waals surface area contributed by atoms with Gasteiger partial charge in [0.1, 0.15) is 5.82 Å². The maximum Gasteiger partial charge on any atom is 0.255 e. The topological polar surface area (TPSA) is 36.4 Å². The van der Waals surface area contributed by atoms with Crippen molar-refractivity contribution < 1.29 is 4.79 Å². The van der Waals surface area contributed by atoms with E-state index in [0.717, 1.165) is 43.0 Å². The molecule has 21 heavy (non-hydrogen) atoms. The van der Waals surface area contributed by atoms with Crippen molar-refractivity contribution in [1.82, 2.24) is 9.88 Å². The van der Waals surface area contributed by atoms with Gasteiger partial charge in [-0.2, -0.15) is 0 Å². The molecule has 1 amide bonds. The lowest BCUT2D eigenvalue weighted by atomic mass is 10.1. The molecule has 1 fully saturated rings. The van der Waals surface area contributed by atoms with E-state index in [1.165, 1.54) is 0 Å². The van der Waals surface area contributed by atoms with Crippen molar-refractivity contribution in [1.29, 1.82) is 0 Å². The summed E-state index contributed by atoms with van der Waals surface area (Å²) in [7, 11) is 1.94. The number of carbonyl (C=O) groups is 1. The number of hydrogen-bond donors (Lipinski definition) is 0. The lowest BCUT2D eigenvalue weighted by Gasteiger charge is -2.23. The highest BCUT2D eigenvalue weighted by atomic mass is 16.2. The smallest absolute Gasteiger partial charge is 0.255 e. The fourth-order valence-corrected chi connectivity index (χ4v) is 2.71. The first-order valence-electron chi connectivity index (χ1n) is 7.30. The molecule has 4 heteroatoms. The molecule has 0 aliphatic carbocycles. The first kappa shape index (κ1) is 13.6. The number of para-hydroxylation sites is 1. The summed E-state index contributed by atoms with van der Waals surface area (Å²) >= 11 is 0. The number of pyridine rings is 1. The lowest BCUT2D eigenvalue weighted by molar-refractivity contribution is 0.0793. The minimum atomic E-state index is 0.117. The molecule has 1 saturated heterocycles. The SMILES string of the molecule is CN(c1ccccn1)c1ccccc1C(=O)N1CCCC1. The largest absolute Gasteiger partial charge is 0.339 e. The number of nitrogens with zero attached hydrogens (tertiary/aromatic N) is 3. The number of aromatic nitrogens is 1. The monoisotopic (exact) mass is 281 g/mol. The van der Waals surface area contributed by atoms with Crippen molar-refractivity contribution in [2.75, 3.05) is 25.0 Å². The molecule has 1 aromatic carbocycles. The van der Waals surface area contributed by atoms with E-state index in [1.54, 1.807) is 6.20 Å². The van der Waals surface area contributed by atoms with Gasteiger partial charge in [0, 0.05) is 26.3 Å². The molecule has 3 rings (SSSR count). The molecule has 2 aromatic rings. The van der Waals surface area contributed by atoms with E-state index >= 15 is 0 Å². The number of rotatable bonds is 3. The molecule has 1 aliphatic heterocycles. The number of anilines is 2. The summed E-state index contributed by atoms with van der Waals surface area (Å²) in [6.45, 7) is 1.72. The van der Waals surface area contributed by atoms with Gasteiger partial charge in [0.15, 0.2) is 0 Å². The maximum absolute atomic E-state index is 12.7. The van der Waals surface area contributed by atoms with Gasteiger partial charge in [-0.15, -0.1) is 0 Å².